The second kappa shape index (κ2) is 10.6. The lowest BCUT2D eigenvalue weighted by atomic mass is 10.1. The minimum absolute atomic E-state index is 0.00531. The largest absolute Gasteiger partial charge is 0.493 e. The second-order valence-corrected chi connectivity index (χ2v) is 10.0. The van der Waals surface area contributed by atoms with Crippen LogP contribution in [0.1, 0.15) is 39.2 Å². The molecular weight excluding hydrogens is 494 g/mol. The standard InChI is InChI=1S/C23H25N3O9S/c1-4-34-18-10-13(8-9-17(18)33-2)16(12-36(3,31)32)26-21(28)14-6-5-7-15(20(14)22(26)29)25-19(27)11-35-23(24)30/h5-10,16H,4,11-12H2,1-3H3,(H2,24,30)(H,25,27). The fraction of sp³-hybridized carbons (Fsp3) is 0.304. The van der Waals surface area contributed by atoms with Gasteiger partial charge in [-0.2, -0.15) is 0 Å². The lowest BCUT2D eigenvalue weighted by Crippen LogP contribution is -2.37. The molecule has 3 N–H and O–H groups in total. The minimum atomic E-state index is -3.68. The van der Waals surface area contributed by atoms with E-state index in [1.165, 1.54) is 31.4 Å². The van der Waals surface area contributed by atoms with Gasteiger partial charge in [0.2, 0.25) is 0 Å². The zero-order valence-electron chi connectivity index (χ0n) is 19.8. The number of ether oxygens (including phenoxy) is 3. The van der Waals surface area contributed by atoms with Crippen LogP contribution >= 0.6 is 0 Å². The Labute approximate surface area is 207 Å². The monoisotopic (exact) mass is 519 g/mol. The van der Waals surface area contributed by atoms with Crippen molar-refractivity contribution in [3.63, 3.8) is 0 Å². The van der Waals surface area contributed by atoms with Gasteiger partial charge in [0.1, 0.15) is 9.84 Å². The molecule has 0 fully saturated rings. The van der Waals surface area contributed by atoms with Crippen LogP contribution in [-0.4, -0.2) is 69.5 Å². The number of methoxy groups -OCH3 is 1. The summed E-state index contributed by atoms with van der Waals surface area (Å²) in [7, 11) is -2.23. The van der Waals surface area contributed by atoms with Crippen molar-refractivity contribution in [2.45, 2.75) is 13.0 Å². The fourth-order valence-electron chi connectivity index (χ4n) is 3.79. The van der Waals surface area contributed by atoms with Crippen LogP contribution in [0, 0.1) is 0 Å². The predicted octanol–water partition coefficient (Wildman–Crippen LogP) is 1.51. The lowest BCUT2D eigenvalue weighted by Gasteiger charge is -2.27. The van der Waals surface area contributed by atoms with Crippen LogP contribution in [0.15, 0.2) is 36.4 Å². The first-order valence-corrected chi connectivity index (χ1v) is 12.7. The number of primary amides is 1. The maximum Gasteiger partial charge on any atom is 0.405 e. The van der Waals surface area contributed by atoms with E-state index in [1.54, 1.807) is 19.1 Å². The summed E-state index contributed by atoms with van der Waals surface area (Å²) in [6.07, 6.45) is -0.161. The van der Waals surface area contributed by atoms with E-state index in [4.69, 9.17) is 15.2 Å². The Bertz CT molecular complexity index is 1320. The third-order valence-electron chi connectivity index (χ3n) is 5.21. The van der Waals surface area contributed by atoms with Crippen LogP contribution in [0.3, 0.4) is 0 Å². The van der Waals surface area contributed by atoms with Gasteiger partial charge in [-0.15, -0.1) is 0 Å². The molecule has 0 aromatic heterocycles. The molecule has 0 radical (unpaired) electrons. The summed E-state index contributed by atoms with van der Waals surface area (Å²) in [6.45, 7) is 1.36. The third kappa shape index (κ3) is 5.74. The summed E-state index contributed by atoms with van der Waals surface area (Å²) < 4.78 is 39.9. The summed E-state index contributed by atoms with van der Waals surface area (Å²) in [4.78, 5) is 50.6. The van der Waals surface area contributed by atoms with E-state index in [-0.39, 0.29) is 16.8 Å². The highest BCUT2D eigenvalue weighted by atomic mass is 32.2. The first kappa shape index (κ1) is 26.5. The second-order valence-electron chi connectivity index (χ2n) is 7.82. The number of carbonyl (C=O) groups is 4. The van der Waals surface area contributed by atoms with Crippen molar-refractivity contribution in [2.75, 3.05) is 37.6 Å². The number of fused-ring (bicyclic) bond motifs is 1. The van der Waals surface area contributed by atoms with Crippen molar-refractivity contribution in [3.8, 4) is 11.5 Å². The number of amides is 4. The molecule has 1 heterocycles. The van der Waals surface area contributed by atoms with Crippen LogP contribution in [0.4, 0.5) is 10.5 Å². The molecule has 1 unspecified atom stereocenters. The van der Waals surface area contributed by atoms with E-state index in [1.807, 2.05) is 0 Å². The van der Waals surface area contributed by atoms with Crippen molar-refractivity contribution in [3.05, 3.63) is 53.1 Å². The maximum atomic E-state index is 13.5. The van der Waals surface area contributed by atoms with E-state index in [0.29, 0.717) is 23.7 Å². The van der Waals surface area contributed by atoms with Crippen molar-refractivity contribution >= 4 is 39.3 Å². The molecule has 3 rings (SSSR count). The van der Waals surface area contributed by atoms with E-state index in [2.05, 4.69) is 10.1 Å². The Kier molecular flexibility index (Phi) is 7.83. The molecule has 13 heteroatoms. The van der Waals surface area contributed by atoms with E-state index < -0.39 is 52.1 Å². The van der Waals surface area contributed by atoms with Gasteiger partial charge < -0.3 is 25.3 Å². The molecule has 0 saturated heterocycles. The van der Waals surface area contributed by atoms with E-state index >= 15 is 0 Å². The zero-order valence-corrected chi connectivity index (χ0v) is 20.6. The first-order valence-electron chi connectivity index (χ1n) is 10.7. The molecule has 1 aliphatic rings. The van der Waals surface area contributed by atoms with Gasteiger partial charge in [-0.25, -0.2) is 13.2 Å². The Balaban J connectivity index is 2.04. The number of nitrogens with one attached hydrogen (secondary N) is 1. The topological polar surface area (TPSA) is 171 Å². The summed E-state index contributed by atoms with van der Waals surface area (Å²) in [5, 5.41) is 2.41. The molecule has 1 aliphatic heterocycles. The molecule has 2 aromatic rings. The maximum absolute atomic E-state index is 13.5. The van der Waals surface area contributed by atoms with Crippen LogP contribution < -0.4 is 20.5 Å². The Hall–Kier alpha value is -4.13. The number of hydrogen-bond acceptors (Lipinski definition) is 9. The number of carbonyl (C=O) groups excluding carboxylic acids is 4. The van der Waals surface area contributed by atoms with Crippen molar-refractivity contribution in [1.29, 1.82) is 0 Å². The average Bonchev–Trinajstić information content (AvgIpc) is 3.06. The Morgan fingerprint density at radius 3 is 2.44 bits per heavy atom. The highest BCUT2D eigenvalue weighted by Gasteiger charge is 2.43. The van der Waals surface area contributed by atoms with Crippen LogP contribution in [-0.2, 0) is 19.4 Å². The van der Waals surface area contributed by atoms with Gasteiger partial charge in [0.25, 0.3) is 17.7 Å². The van der Waals surface area contributed by atoms with Gasteiger partial charge in [-0.05, 0) is 36.8 Å². The molecular formula is C23H25N3O9S. The number of benzene rings is 2. The Morgan fingerprint density at radius 2 is 1.83 bits per heavy atom. The molecule has 192 valence electrons. The molecule has 36 heavy (non-hydrogen) atoms. The van der Waals surface area contributed by atoms with Gasteiger partial charge in [-0.1, -0.05) is 12.1 Å². The summed E-state index contributed by atoms with van der Waals surface area (Å²) in [5.41, 5.74) is 5.04. The number of anilines is 1. The van der Waals surface area contributed by atoms with Crippen LogP contribution in [0.25, 0.3) is 0 Å². The third-order valence-corrected chi connectivity index (χ3v) is 6.13. The SMILES string of the molecule is CCOc1cc(C(CS(C)(=O)=O)N2C(=O)c3cccc(NC(=O)COC(N)=O)c3C2=O)ccc1OC. The van der Waals surface area contributed by atoms with Crippen molar-refractivity contribution in [1.82, 2.24) is 4.90 Å². The molecule has 0 bridgehead atoms. The molecule has 0 aliphatic carbocycles. The molecule has 12 nitrogen and oxygen atoms in total. The Morgan fingerprint density at radius 1 is 1.11 bits per heavy atom. The van der Waals surface area contributed by atoms with E-state index in [9.17, 15) is 27.6 Å². The number of hydrogen-bond donors (Lipinski definition) is 2. The molecule has 1 atom stereocenters. The van der Waals surface area contributed by atoms with Crippen LogP contribution in [0.2, 0.25) is 0 Å². The smallest absolute Gasteiger partial charge is 0.405 e. The average molecular weight is 520 g/mol. The van der Waals surface area contributed by atoms with Crippen molar-refractivity contribution < 1.29 is 41.8 Å². The fourth-order valence-corrected chi connectivity index (χ4v) is 4.70. The van der Waals surface area contributed by atoms with Gasteiger partial charge in [0.05, 0.1) is 42.3 Å². The van der Waals surface area contributed by atoms with Gasteiger partial charge in [-0.3, -0.25) is 19.3 Å². The molecule has 4 amide bonds. The molecule has 0 spiro atoms. The zero-order chi connectivity index (χ0) is 26.6. The van der Waals surface area contributed by atoms with E-state index in [0.717, 1.165) is 11.2 Å². The van der Waals surface area contributed by atoms with Gasteiger partial charge in [0.15, 0.2) is 18.1 Å². The van der Waals surface area contributed by atoms with Gasteiger partial charge in [0, 0.05) is 6.26 Å². The number of sulfone groups is 1. The quantitative estimate of drug-likeness (QED) is 0.441. The number of rotatable bonds is 10. The number of nitrogens with zero attached hydrogens (tertiary/aromatic N) is 1. The van der Waals surface area contributed by atoms with Crippen molar-refractivity contribution in [2.24, 2.45) is 5.73 Å². The normalized spacial score (nSPS) is 13.7. The molecule has 2 aromatic carbocycles. The number of nitrogens with two attached hydrogens (primary N) is 1. The van der Waals surface area contributed by atoms with Crippen LogP contribution in [0.5, 0.6) is 11.5 Å². The highest BCUT2D eigenvalue weighted by molar-refractivity contribution is 7.90. The number of imide groups is 1. The highest BCUT2D eigenvalue weighted by Crippen LogP contribution is 2.38. The van der Waals surface area contributed by atoms with Gasteiger partial charge >= 0.3 is 6.09 Å². The predicted molar refractivity (Wildman–Crippen MR) is 128 cm³/mol. The summed E-state index contributed by atoms with van der Waals surface area (Å²) >= 11 is 0. The summed E-state index contributed by atoms with van der Waals surface area (Å²) in [6, 6.07) is 7.65. The minimum Gasteiger partial charge on any atom is -0.493 e. The molecule has 0 saturated carbocycles. The summed E-state index contributed by atoms with van der Waals surface area (Å²) in [5.74, 6) is -2.17. The lowest BCUT2D eigenvalue weighted by molar-refractivity contribution is -0.118. The first-order chi connectivity index (χ1) is 17.0.